The molecule has 1 aromatic heterocycles. The van der Waals surface area contributed by atoms with Gasteiger partial charge in [0, 0.05) is 49.7 Å². The van der Waals surface area contributed by atoms with Crippen molar-refractivity contribution in [3.05, 3.63) is 49.9 Å². The van der Waals surface area contributed by atoms with Gasteiger partial charge in [0.25, 0.3) is 5.91 Å². The molecule has 0 aliphatic carbocycles. The lowest BCUT2D eigenvalue weighted by atomic mass is 10.2. The standard InChI is InChI=1S/C17H21Cl2N5OS/c1-11-10-24-15(26-11)5-6-22-17(20-2)23-8-7-21-16(25)12-3-4-13(18)14(19)9-12/h3-4,9-10H,5-8H2,1-2H3,(H,21,25)(H2,20,22,23). The van der Waals surface area contributed by atoms with Crippen molar-refractivity contribution in [3.63, 3.8) is 0 Å². The van der Waals surface area contributed by atoms with Crippen LogP contribution in [0, 0.1) is 6.92 Å². The van der Waals surface area contributed by atoms with Crippen molar-refractivity contribution in [1.82, 2.24) is 20.9 Å². The third-order valence-corrected chi connectivity index (χ3v) is 5.12. The quantitative estimate of drug-likeness (QED) is 0.370. The molecule has 140 valence electrons. The van der Waals surface area contributed by atoms with Gasteiger partial charge >= 0.3 is 0 Å². The van der Waals surface area contributed by atoms with Crippen molar-refractivity contribution in [3.8, 4) is 0 Å². The van der Waals surface area contributed by atoms with E-state index in [0.29, 0.717) is 34.7 Å². The number of nitrogens with zero attached hydrogens (tertiary/aromatic N) is 2. The van der Waals surface area contributed by atoms with Crippen molar-refractivity contribution >= 4 is 46.4 Å². The van der Waals surface area contributed by atoms with Crippen LogP contribution in [0.15, 0.2) is 29.4 Å². The molecular formula is C17H21Cl2N5OS. The summed E-state index contributed by atoms with van der Waals surface area (Å²) >= 11 is 13.5. The Bertz CT molecular complexity index is 778. The first-order valence-electron chi connectivity index (χ1n) is 8.08. The lowest BCUT2D eigenvalue weighted by Crippen LogP contribution is -2.42. The summed E-state index contributed by atoms with van der Waals surface area (Å²) in [6, 6.07) is 4.79. The molecular weight excluding hydrogens is 393 g/mol. The monoisotopic (exact) mass is 413 g/mol. The van der Waals surface area contributed by atoms with E-state index in [4.69, 9.17) is 23.2 Å². The van der Waals surface area contributed by atoms with Crippen molar-refractivity contribution < 1.29 is 4.79 Å². The predicted octanol–water partition coefficient (Wildman–Crippen LogP) is 2.90. The molecule has 9 heteroatoms. The number of amides is 1. The molecule has 26 heavy (non-hydrogen) atoms. The van der Waals surface area contributed by atoms with Crippen LogP contribution in [0.4, 0.5) is 0 Å². The minimum absolute atomic E-state index is 0.201. The highest BCUT2D eigenvalue weighted by Gasteiger charge is 2.07. The molecule has 1 aromatic carbocycles. The second kappa shape index (κ2) is 10.4. The average Bonchev–Trinajstić information content (AvgIpc) is 3.04. The number of hydrogen-bond donors (Lipinski definition) is 3. The minimum Gasteiger partial charge on any atom is -0.356 e. The molecule has 0 spiro atoms. The Kier molecular flexibility index (Phi) is 8.15. The second-order valence-electron chi connectivity index (χ2n) is 5.43. The first kappa shape index (κ1) is 20.5. The van der Waals surface area contributed by atoms with Gasteiger partial charge in [-0.3, -0.25) is 9.79 Å². The molecule has 0 atom stereocenters. The zero-order valence-electron chi connectivity index (χ0n) is 14.6. The minimum atomic E-state index is -0.201. The maximum absolute atomic E-state index is 12.1. The maximum atomic E-state index is 12.1. The number of benzene rings is 1. The number of carbonyl (C=O) groups excluding carboxylic acids is 1. The summed E-state index contributed by atoms with van der Waals surface area (Å²) in [5, 5.41) is 11.1. The summed E-state index contributed by atoms with van der Waals surface area (Å²) in [4.78, 5) is 21.7. The lowest BCUT2D eigenvalue weighted by Gasteiger charge is -2.12. The number of thiazole rings is 1. The number of nitrogens with one attached hydrogen (secondary N) is 3. The summed E-state index contributed by atoms with van der Waals surface area (Å²) in [5.41, 5.74) is 0.473. The predicted molar refractivity (Wildman–Crippen MR) is 109 cm³/mol. The molecule has 1 amide bonds. The fraction of sp³-hybridized carbons (Fsp3) is 0.353. The number of aliphatic imine (C=N–C) groups is 1. The van der Waals surface area contributed by atoms with Crippen LogP contribution in [-0.4, -0.2) is 43.5 Å². The summed E-state index contributed by atoms with van der Waals surface area (Å²) in [6.07, 6.45) is 2.72. The first-order chi connectivity index (χ1) is 12.5. The Morgan fingerprint density at radius 2 is 1.88 bits per heavy atom. The second-order valence-corrected chi connectivity index (χ2v) is 7.56. The zero-order valence-corrected chi connectivity index (χ0v) is 16.9. The van der Waals surface area contributed by atoms with Crippen LogP contribution in [0.25, 0.3) is 0 Å². The van der Waals surface area contributed by atoms with E-state index >= 15 is 0 Å². The van der Waals surface area contributed by atoms with Gasteiger partial charge in [-0.2, -0.15) is 0 Å². The smallest absolute Gasteiger partial charge is 0.251 e. The van der Waals surface area contributed by atoms with Crippen molar-refractivity contribution in [2.45, 2.75) is 13.3 Å². The number of guanidine groups is 1. The highest BCUT2D eigenvalue weighted by molar-refractivity contribution is 7.11. The van der Waals surface area contributed by atoms with Crippen LogP contribution in [0.2, 0.25) is 10.0 Å². The SMILES string of the molecule is CN=C(NCCNC(=O)c1ccc(Cl)c(Cl)c1)NCCc1ncc(C)s1. The van der Waals surface area contributed by atoms with Gasteiger partial charge in [0.15, 0.2) is 5.96 Å². The molecule has 0 radical (unpaired) electrons. The van der Waals surface area contributed by atoms with Crippen LogP contribution in [0.1, 0.15) is 20.2 Å². The zero-order chi connectivity index (χ0) is 18.9. The third-order valence-electron chi connectivity index (χ3n) is 3.41. The number of aryl methyl sites for hydroxylation is 1. The molecule has 6 nitrogen and oxygen atoms in total. The van der Waals surface area contributed by atoms with Gasteiger partial charge in [0.2, 0.25) is 0 Å². The summed E-state index contributed by atoms with van der Waals surface area (Å²) in [5.74, 6) is 0.481. The Hall–Kier alpha value is -1.83. The molecule has 2 rings (SSSR count). The lowest BCUT2D eigenvalue weighted by molar-refractivity contribution is 0.0954. The van der Waals surface area contributed by atoms with Gasteiger partial charge in [-0.1, -0.05) is 23.2 Å². The Morgan fingerprint density at radius 1 is 1.15 bits per heavy atom. The molecule has 0 aliphatic heterocycles. The molecule has 0 saturated carbocycles. The molecule has 0 bridgehead atoms. The van der Waals surface area contributed by atoms with Gasteiger partial charge in [0.05, 0.1) is 15.1 Å². The van der Waals surface area contributed by atoms with Crippen molar-refractivity contribution in [1.29, 1.82) is 0 Å². The molecule has 0 aliphatic rings. The van der Waals surface area contributed by atoms with E-state index in [-0.39, 0.29) is 5.91 Å². The normalized spacial score (nSPS) is 11.3. The largest absolute Gasteiger partial charge is 0.356 e. The molecule has 0 unspecified atom stereocenters. The van der Waals surface area contributed by atoms with Crippen molar-refractivity contribution in [2.75, 3.05) is 26.7 Å². The van der Waals surface area contributed by atoms with E-state index in [0.717, 1.165) is 18.0 Å². The highest BCUT2D eigenvalue weighted by Crippen LogP contribution is 2.22. The molecule has 0 saturated heterocycles. The first-order valence-corrected chi connectivity index (χ1v) is 9.66. The van der Waals surface area contributed by atoms with Crippen LogP contribution in [-0.2, 0) is 6.42 Å². The van der Waals surface area contributed by atoms with Crippen LogP contribution < -0.4 is 16.0 Å². The summed E-state index contributed by atoms with van der Waals surface area (Å²) < 4.78 is 0. The average molecular weight is 414 g/mol. The van der Waals surface area contributed by atoms with Gasteiger partial charge in [-0.05, 0) is 25.1 Å². The third kappa shape index (κ3) is 6.48. The topological polar surface area (TPSA) is 78.4 Å². The van der Waals surface area contributed by atoms with E-state index in [1.807, 2.05) is 13.1 Å². The molecule has 2 aromatic rings. The number of carbonyl (C=O) groups is 1. The van der Waals surface area contributed by atoms with Gasteiger partial charge < -0.3 is 16.0 Å². The molecule has 3 N–H and O–H groups in total. The van der Waals surface area contributed by atoms with Crippen molar-refractivity contribution in [2.24, 2.45) is 4.99 Å². The fourth-order valence-electron chi connectivity index (χ4n) is 2.12. The summed E-state index contributed by atoms with van der Waals surface area (Å²) in [7, 11) is 1.71. The number of aromatic nitrogens is 1. The van der Waals surface area contributed by atoms with Gasteiger partial charge in [-0.25, -0.2) is 4.98 Å². The van der Waals surface area contributed by atoms with Gasteiger partial charge in [-0.15, -0.1) is 11.3 Å². The fourth-order valence-corrected chi connectivity index (χ4v) is 3.21. The molecule has 0 fully saturated rings. The van der Waals surface area contributed by atoms with E-state index < -0.39 is 0 Å². The van der Waals surface area contributed by atoms with E-state index in [2.05, 4.69) is 25.9 Å². The van der Waals surface area contributed by atoms with Crippen LogP contribution in [0.5, 0.6) is 0 Å². The Morgan fingerprint density at radius 3 is 2.54 bits per heavy atom. The van der Waals surface area contributed by atoms with Crippen LogP contribution in [0.3, 0.4) is 0 Å². The molecule has 1 heterocycles. The highest BCUT2D eigenvalue weighted by atomic mass is 35.5. The van der Waals surface area contributed by atoms with E-state index in [9.17, 15) is 4.79 Å². The Balaban J connectivity index is 1.66. The van der Waals surface area contributed by atoms with Gasteiger partial charge in [0.1, 0.15) is 0 Å². The maximum Gasteiger partial charge on any atom is 0.251 e. The number of rotatable bonds is 7. The summed E-state index contributed by atoms with van der Waals surface area (Å²) in [6.45, 7) is 3.78. The number of halogens is 2. The van der Waals surface area contributed by atoms with E-state index in [1.54, 1.807) is 36.6 Å². The number of hydrogen-bond acceptors (Lipinski definition) is 4. The van der Waals surface area contributed by atoms with E-state index in [1.165, 1.54) is 4.88 Å². The van der Waals surface area contributed by atoms with Crippen LogP contribution >= 0.6 is 34.5 Å². The Labute approximate surface area is 167 Å².